The third-order valence-corrected chi connectivity index (χ3v) is 5.04. The summed E-state index contributed by atoms with van der Waals surface area (Å²) >= 11 is 3.40. The minimum absolute atomic E-state index is 0.0716. The Morgan fingerprint density at radius 3 is 2.85 bits per heavy atom. The van der Waals surface area contributed by atoms with Crippen LogP contribution in [0.1, 0.15) is 19.3 Å². The molecule has 1 saturated heterocycles. The highest BCUT2D eigenvalue weighted by molar-refractivity contribution is 9.10. The SMILES string of the molecule is NC1CC[C@@H]2CN(c3c(Br)cncc3[N+](=O)[O-])C[C@@H]2C1. The molecule has 2 aliphatic rings. The van der Waals surface area contributed by atoms with Crippen molar-refractivity contribution in [1.29, 1.82) is 0 Å². The second-order valence-corrected chi connectivity index (χ2v) is 6.60. The molecule has 1 aromatic rings. The number of nitro groups is 1. The van der Waals surface area contributed by atoms with E-state index in [9.17, 15) is 10.1 Å². The average Bonchev–Trinajstić information content (AvgIpc) is 2.80. The van der Waals surface area contributed by atoms with Gasteiger partial charge in [-0.25, -0.2) is 0 Å². The lowest BCUT2D eigenvalue weighted by atomic mass is 9.79. The van der Waals surface area contributed by atoms with Crippen LogP contribution in [0.5, 0.6) is 0 Å². The summed E-state index contributed by atoms with van der Waals surface area (Å²) in [5.74, 6) is 1.16. The minimum Gasteiger partial charge on any atom is -0.364 e. The van der Waals surface area contributed by atoms with Gasteiger partial charge in [-0.2, -0.15) is 0 Å². The highest BCUT2D eigenvalue weighted by Crippen LogP contribution is 2.42. The van der Waals surface area contributed by atoms with E-state index in [0.29, 0.717) is 22.0 Å². The van der Waals surface area contributed by atoms with Gasteiger partial charge < -0.3 is 10.6 Å². The number of rotatable bonds is 2. The Balaban J connectivity index is 1.89. The van der Waals surface area contributed by atoms with Crippen molar-refractivity contribution >= 4 is 27.3 Å². The molecular formula is C13H17BrN4O2. The lowest BCUT2D eigenvalue weighted by molar-refractivity contribution is -0.384. The van der Waals surface area contributed by atoms with Crippen LogP contribution in [0.4, 0.5) is 11.4 Å². The third kappa shape index (κ3) is 2.40. The molecule has 0 bridgehead atoms. The smallest absolute Gasteiger partial charge is 0.311 e. The number of aromatic nitrogens is 1. The van der Waals surface area contributed by atoms with Crippen molar-refractivity contribution in [3.8, 4) is 0 Å². The van der Waals surface area contributed by atoms with Crippen LogP contribution in [0.15, 0.2) is 16.9 Å². The normalized spacial score (nSPS) is 29.3. The van der Waals surface area contributed by atoms with Crippen molar-refractivity contribution in [3.05, 3.63) is 27.0 Å². The average molecular weight is 341 g/mol. The standard InChI is InChI=1S/C13H17BrN4O2/c14-11-4-16-5-12(18(19)20)13(11)17-6-8-1-2-10(15)3-9(8)7-17/h4-5,8-10H,1-3,6-7,15H2/t8-,9+,10?/m1/s1. The fourth-order valence-corrected chi connectivity index (χ4v) is 4.09. The van der Waals surface area contributed by atoms with Crippen molar-refractivity contribution in [2.45, 2.75) is 25.3 Å². The number of nitrogens with zero attached hydrogens (tertiary/aromatic N) is 3. The molecule has 1 aliphatic heterocycles. The van der Waals surface area contributed by atoms with Crippen LogP contribution >= 0.6 is 15.9 Å². The maximum atomic E-state index is 11.2. The Hall–Kier alpha value is -1.21. The molecule has 0 spiro atoms. The zero-order valence-electron chi connectivity index (χ0n) is 11.0. The molecule has 2 fully saturated rings. The summed E-state index contributed by atoms with van der Waals surface area (Å²) in [6.07, 6.45) is 6.16. The Morgan fingerprint density at radius 1 is 1.35 bits per heavy atom. The van der Waals surface area contributed by atoms with Gasteiger partial charge in [-0.3, -0.25) is 15.1 Å². The molecule has 1 aliphatic carbocycles. The van der Waals surface area contributed by atoms with Gasteiger partial charge in [0.2, 0.25) is 0 Å². The number of anilines is 1. The summed E-state index contributed by atoms with van der Waals surface area (Å²) in [5, 5.41) is 11.2. The van der Waals surface area contributed by atoms with Gasteiger partial charge in [0.15, 0.2) is 0 Å². The molecule has 1 saturated carbocycles. The molecule has 6 nitrogen and oxygen atoms in total. The first-order valence-corrected chi connectivity index (χ1v) is 7.64. The summed E-state index contributed by atoms with van der Waals surface area (Å²) in [5.41, 5.74) is 6.77. The van der Waals surface area contributed by atoms with Crippen molar-refractivity contribution in [2.24, 2.45) is 17.6 Å². The number of halogens is 1. The first-order valence-electron chi connectivity index (χ1n) is 6.84. The summed E-state index contributed by atoms with van der Waals surface area (Å²) in [7, 11) is 0. The van der Waals surface area contributed by atoms with Gasteiger partial charge in [0.1, 0.15) is 11.9 Å². The highest BCUT2D eigenvalue weighted by atomic mass is 79.9. The van der Waals surface area contributed by atoms with Gasteiger partial charge in [0.05, 0.1) is 9.40 Å². The van der Waals surface area contributed by atoms with E-state index < -0.39 is 0 Å². The monoisotopic (exact) mass is 340 g/mol. The van der Waals surface area contributed by atoms with Crippen LogP contribution in [-0.2, 0) is 0 Å². The van der Waals surface area contributed by atoms with Crippen LogP contribution in [0, 0.1) is 22.0 Å². The van der Waals surface area contributed by atoms with Crippen LogP contribution in [0.25, 0.3) is 0 Å². The quantitative estimate of drug-likeness (QED) is 0.659. The van der Waals surface area contributed by atoms with E-state index in [1.165, 1.54) is 6.20 Å². The van der Waals surface area contributed by atoms with Crippen LogP contribution < -0.4 is 10.6 Å². The molecule has 3 rings (SSSR count). The molecule has 1 unspecified atom stereocenters. The topological polar surface area (TPSA) is 85.3 Å². The molecule has 0 amide bonds. The lowest BCUT2D eigenvalue weighted by Gasteiger charge is -2.27. The summed E-state index contributed by atoms with van der Waals surface area (Å²) in [4.78, 5) is 16.9. The molecule has 20 heavy (non-hydrogen) atoms. The van der Waals surface area contributed by atoms with Gasteiger partial charge in [0.25, 0.3) is 0 Å². The first kappa shape index (κ1) is 13.8. The largest absolute Gasteiger partial charge is 0.364 e. The highest BCUT2D eigenvalue weighted by Gasteiger charge is 2.39. The lowest BCUT2D eigenvalue weighted by Crippen LogP contribution is -2.32. The first-order chi connectivity index (χ1) is 9.56. The molecule has 0 radical (unpaired) electrons. The second kappa shape index (κ2) is 5.29. The minimum atomic E-state index is -0.360. The van der Waals surface area contributed by atoms with E-state index >= 15 is 0 Å². The molecule has 2 heterocycles. The maximum Gasteiger partial charge on any atom is 0.311 e. The number of nitrogens with two attached hydrogens (primary N) is 1. The summed E-state index contributed by atoms with van der Waals surface area (Å²) < 4.78 is 0.689. The molecule has 7 heteroatoms. The summed E-state index contributed by atoms with van der Waals surface area (Å²) in [6.45, 7) is 1.72. The number of pyridine rings is 1. The molecule has 2 N–H and O–H groups in total. The second-order valence-electron chi connectivity index (χ2n) is 5.74. The van der Waals surface area contributed by atoms with Crippen LogP contribution in [-0.4, -0.2) is 29.0 Å². The fraction of sp³-hybridized carbons (Fsp3) is 0.615. The van der Waals surface area contributed by atoms with E-state index in [4.69, 9.17) is 5.73 Å². The predicted molar refractivity (Wildman–Crippen MR) is 79.6 cm³/mol. The Labute approximate surface area is 125 Å². The van der Waals surface area contributed by atoms with Crippen molar-refractivity contribution < 1.29 is 4.92 Å². The molecular weight excluding hydrogens is 324 g/mol. The summed E-state index contributed by atoms with van der Waals surface area (Å²) in [6, 6.07) is 0.284. The van der Waals surface area contributed by atoms with E-state index in [-0.39, 0.29) is 16.7 Å². The van der Waals surface area contributed by atoms with E-state index in [1.54, 1.807) is 6.20 Å². The Bertz CT molecular complexity index is 539. The van der Waals surface area contributed by atoms with Gasteiger partial charge in [-0.15, -0.1) is 0 Å². The molecule has 108 valence electrons. The fourth-order valence-electron chi connectivity index (χ4n) is 3.51. The predicted octanol–water partition coefficient (Wildman–Crippen LogP) is 2.32. The van der Waals surface area contributed by atoms with E-state index in [1.807, 2.05) is 0 Å². The van der Waals surface area contributed by atoms with Gasteiger partial charge in [-0.1, -0.05) is 0 Å². The van der Waals surface area contributed by atoms with Gasteiger partial charge in [-0.05, 0) is 47.0 Å². The van der Waals surface area contributed by atoms with Crippen molar-refractivity contribution in [3.63, 3.8) is 0 Å². The third-order valence-electron chi connectivity index (χ3n) is 4.46. The number of hydrogen-bond donors (Lipinski definition) is 1. The number of fused-ring (bicyclic) bond motifs is 1. The van der Waals surface area contributed by atoms with Gasteiger partial charge >= 0.3 is 5.69 Å². The van der Waals surface area contributed by atoms with E-state index in [0.717, 1.165) is 32.4 Å². The zero-order valence-corrected chi connectivity index (χ0v) is 12.6. The Kier molecular flexibility index (Phi) is 3.64. The van der Waals surface area contributed by atoms with Gasteiger partial charge in [0, 0.05) is 25.3 Å². The molecule has 1 aromatic heterocycles. The van der Waals surface area contributed by atoms with Crippen LogP contribution in [0.3, 0.4) is 0 Å². The van der Waals surface area contributed by atoms with Crippen molar-refractivity contribution in [2.75, 3.05) is 18.0 Å². The van der Waals surface area contributed by atoms with Crippen LogP contribution in [0.2, 0.25) is 0 Å². The maximum absolute atomic E-state index is 11.2. The van der Waals surface area contributed by atoms with Crippen molar-refractivity contribution in [1.82, 2.24) is 4.98 Å². The molecule has 0 aromatic carbocycles. The molecule has 3 atom stereocenters. The Morgan fingerprint density at radius 2 is 2.10 bits per heavy atom. The van der Waals surface area contributed by atoms with E-state index in [2.05, 4.69) is 25.8 Å². The number of hydrogen-bond acceptors (Lipinski definition) is 5. The zero-order chi connectivity index (χ0) is 14.3.